The van der Waals surface area contributed by atoms with E-state index in [-0.39, 0.29) is 18.4 Å². The Morgan fingerprint density at radius 1 is 1.28 bits per heavy atom. The van der Waals surface area contributed by atoms with Gasteiger partial charge in [0.25, 0.3) is 0 Å². The summed E-state index contributed by atoms with van der Waals surface area (Å²) in [6.07, 6.45) is 1.20. The van der Waals surface area contributed by atoms with Crippen LogP contribution in [0, 0.1) is 12.3 Å². The summed E-state index contributed by atoms with van der Waals surface area (Å²) in [5, 5.41) is 11.9. The molecule has 0 bridgehead atoms. The Hall–Kier alpha value is -2.37. The maximum atomic E-state index is 12.4. The molecule has 1 atom stereocenters. The Kier molecular flexibility index (Phi) is 5.82. The molecule has 1 saturated heterocycles. The second-order valence-electron chi connectivity index (χ2n) is 7.29. The zero-order valence-electron chi connectivity index (χ0n) is 15.0. The van der Waals surface area contributed by atoms with Crippen molar-refractivity contribution in [2.75, 3.05) is 6.54 Å². The molecule has 2 N–H and O–H groups in total. The molecule has 25 heavy (non-hydrogen) atoms. The van der Waals surface area contributed by atoms with E-state index in [9.17, 15) is 14.4 Å². The molecule has 6 nitrogen and oxygen atoms in total. The molecule has 6 heteroatoms. The van der Waals surface area contributed by atoms with Crippen molar-refractivity contribution in [2.24, 2.45) is 5.41 Å². The van der Waals surface area contributed by atoms with Gasteiger partial charge in [-0.05, 0) is 39.2 Å². The van der Waals surface area contributed by atoms with Gasteiger partial charge in [-0.2, -0.15) is 0 Å². The molecule has 1 heterocycles. The first-order valence-corrected chi connectivity index (χ1v) is 8.57. The molecule has 2 amide bonds. The number of carboxylic acid groups (broad SMARTS) is 1. The normalized spacial score (nSPS) is 17.6. The Bertz CT molecular complexity index is 652. The molecular formula is C19H26N2O4. The number of nitrogens with one attached hydrogen (secondary N) is 1. The van der Waals surface area contributed by atoms with E-state index in [1.54, 1.807) is 18.7 Å². The molecule has 0 spiro atoms. The molecule has 0 aliphatic carbocycles. The third kappa shape index (κ3) is 4.81. The van der Waals surface area contributed by atoms with Gasteiger partial charge in [-0.15, -0.1) is 0 Å². The molecule has 0 saturated carbocycles. The average molecular weight is 346 g/mol. The van der Waals surface area contributed by atoms with Crippen molar-refractivity contribution < 1.29 is 19.5 Å². The summed E-state index contributed by atoms with van der Waals surface area (Å²) in [5.74, 6) is -1.12. The second-order valence-corrected chi connectivity index (χ2v) is 7.29. The lowest BCUT2D eigenvalue weighted by molar-refractivity contribution is -0.147. The Morgan fingerprint density at radius 2 is 1.92 bits per heavy atom. The minimum atomic E-state index is -0.890. The maximum Gasteiger partial charge on any atom is 0.309 e. The van der Waals surface area contributed by atoms with Crippen molar-refractivity contribution in [2.45, 2.75) is 52.6 Å². The van der Waals surface area contributed by atoms with Crippen LogP contribution in [0.3, 0.4) is 0 Å². The predicted octanol–water partition coefficient (Wildman–Crippen LogP) is 2.10. The molecule has 0 radical (unpaired) electrons. The summed E-state index contributed by atoms with van der Waals surface area (Å²) in [5.41, 5.74) is 1.25. The molecule has 1 aromatic carbocycles. The van der Waals surface area contributed by atoms with Crippen LogP contribution in [-0.2, 0) is 20.9 Å². The highest BCUT2D eigenvalue weighted by Gasteiger charge is 2.36. The van der Waals surface area contributed by atoms with Gasteiger partial charge in [0.15, 0.2) is 0 Å². The highest BCUT2D eigenvalue weighted by molar-refractivity contribution is 5.90. The predicted molar refractivity (Wildman–Crippen MR) is 93.8 cm³/mol. The van der Waals surface area contributed by atoms with Crippen LogP contribution in [0.25, 0.3) is 0 Å². The Labute approximate surface area is 148 Å². The topological polar surface area (TPSA) is 86.7 Å². The largest absolute Gasteiger partial charge is 0.481 e. The number of amides is 2. The number of carboxylic acids is 1. The van der Waals surface area contributed by atoms with Crippen LogP contribution in [0.2, 0.25) is 0 Å². The summed E-state index contributed by atoms with van der Waals surface area (Å²) in [7, 11) is 0. The monoisotopic (exact) mass is 346 g/mol. The van der Waals surface area contributed by atoms with Gasteiger partial charge in [0.05, 0.1) is 5.41 Å². The van der Waals surface area contributed by atoms with E-state index < -0.39 is 17.4 Å². The molecule has 0 aromatic heterocycles. The van der Waals surface area contributed by atoms with Gasteiger partial charge < -0.3 is 15.3 Å². The summed E-state index contributed by atoms with van der Waals surface area (Å²) in [6.45, 7) is 5.95. The van der Waals surface area contributed by atoms with Crippen LogP contribution in [-0.4, -0.2) is 40.4 Å². The van der Waals surface area contributed by atoms with Crippen LogP contribution in [0.5, 0.6) is 0 Å². The first-order valence-electron chi connectivity index (χ1n) is 8.57. The van der Waals surface area contributed by atoms with Crippen LogP contribution < -0.4 is 5.32 Å². The quantitative estimate of drug-likeness (QED) is 0.791. The third-order valence-electron chi connectivity index (χ3n) is 4.73. The van der Waals surface area contributed by atoms with Crippen molar-refractivity contribution in [1.29, 1.82) is 0 Å². The van der Waals surface area contributed by atoms with Crippen LogP contribution in [0.15, 0.2) is 24.3 Å². The fourth-order valence-corrected chi connectivity index (χ4v) is 2.82. The number of carbonyl (C=O) groups excluding carboxylic acids is 2. The number of likely N-dealkylation sites (tertiary alicyclic amines) is 1. The minimum absolute atomic E-state index is 0.0217. The van der Waals surface area contributed by atoms with E-state index >= 15 is 0 Å². The molecule has 1 unspecified atom stereocenters. The van der Waals surface area contributed by atoms with Crippen molar-refractivity contribution in [1.82, 2.24) is 10.2 Å². The third-order valence-corrected chi connectivity index (χ3v) is 4.73. The molecule has 136 valence electrons. The molecule has 1 aliphatic heterocycles. The molecular weight excluding hydrogens is 320 g/mol. The highest BCUT2D eigenvalue weighted by atomic mass is 16.4. The van der Waals surface area contributed by atoms with Gasteiger partial charge in [-0.25, -0.2) is 0 Å². The van der Waals surface area contributed by atoms with E-state index in [2.05, 4.69) is 5.32 Å². The summed E-state index contributed by atoms with van der Waals surface area (Å²) in [4.78, 5) is 37.3. The van der Waals surface area contributed by atoms with Crippen molar-refractivity contribution in [3.8, 4) is 0 Å². The fourth-order valence-electron chi connectivity index (χ4n) is 2.82. The lowest BCUT2D eigenvalue weighted by Crippen LogP contribution is -2.45. The number of hydrogen-bond donors (Lipinski definition) is 2. The van der Waals surface area contributed by atoms with Crippen molar-refractivity contribution in [3.63, 3.8) is 0 Å². The number of nitrogens with zero attached hydrogens (tertiary/aromatic N) is 1. The number of aryl methyl sites for hydroxylation is 1. The smallest absolute Gasteiger partial charge is 0.309 e. The Morgan fingerprint density at radius 3 is 2.52 bits per heavy atom. The first-order chi connectivity index (χ1) is 11.7. The lowest BCUT2D eigenvalue weighted by atomic mass is 9.89. The van der Waals surface area contributed by atoms with E-state index in [0.29, 0.717) is 25.8 Å². The first kappa shape index (κ1) is 19.0. The molecule has 1 fully saturated rings. The SMILES string of the molecule is Cc1ccc(CN2C(=O)CCC2C(=O)NCCC(C)(C)C(=O)O)cc1. The van der Waals surface area contributed by atoms with Crippen LogP contribution >= 0.6 is 0 Å². The zero-order valence-corrected chi connectivity index (χ0v) is 15.0. The van der Waals surface area contributed by atoms with Gasteiger partial charge in [-0.1, -0.05) is 29.8 Å². The van der Waals surface area contributed by atoms with Gasteiger partial charge in [0, 0.05) is 19.5 Å². The van der Waals surface area contributed by atoms with Crippen molar-refractivity contribution in [3.05, 3.63) is 35.4 Å². The molecule has 1 aliphatic rings. The van der Waals surface area contributed by atoms with Crippen LogP contribution in [0.1, 0.15) is 44.2 Å². The van der Waals surface area contributed by atoms with E-state index in [0.717, 1.165) is 11.1 Å². The second kappa shape index (κ2) is 7.68. The van der Waals surface area contributed by atoms with Gasteiger partial charge in [0.1, 0.15) is 6.04 Å². The van der Waals surface area contributed by atoms with Crippen molar-refractivity contribution >= 4 is 17.8 Å². The number of aliphatic carboxylic acids is 1. The number of benzene rings is 1. The van der Waals surface area contributed by atoms with Gasteiger partial charge in [0.2, 0.25) is 11.8 Å². The highest BCUT2D eigenvalue weighted by Crippen LogP contribution is 2.23. The summed E-state index contributed by atoms with van der Waals surface area (Å²) >= 11 is 0. The fraction of sp³-hybridized carbons (Fsp3) is 0.526. The van der Waals surface area contributed by atoms with E-state index in [1.165, 1.54) is 0 Å². The van der Waals surface area contributed by atoms with Gasteiger partial charge >= 0.3 is 5.97 Å². The maximum absolute atomic E-state index is 12.4. The minimum Gasteiger partial charge on any atom is -0.481 e. The standard InChI is InChI=1S/C19H26N2O4/c1-13-4-6-14(7-5-13)12-21-15(8-9-16(21)22)17(23)20-11-10-19(2,3)18(24)25/h4-7,15H,8-12H2,1-3H3,(H,20,23)(H,24,25). The number of rotatable bonds is 7. The lowest BCUT2D eigenvalue weighted by Gasteiger charge is -2.25. The number of carbonyl (C=O) groups is 3. The van der Waals surface area contributed by atoms with E-state index in [4.69, 9.17) is 5.11 Å². The summed E-state index contributed by atoms with van der Waals surface area (Å²) in [6, 6.07) is 7.41. The summed E-state index contributed by atoms with van der Waals surface area (Å²) < 4.78 is 0. The zero-order chi connectivity index (χ0) is 18.6. The van der Waals surface area contributed by atoms with Gasteiger partial charge in [-0.3, -0.25) is 14.4 Å². The number of hydrogen-bond acceptors (Lipinski definition) is 3. The average Bonchev–Trinajstić information content (AvgIpc) is 2.90. The van der Waals surface area contributed by atoms with E-state index in [1.807, 2.05) is 31.2 Å². The molecule has 1 aromatic rings. The van der Waals surface area contributed by atoms with Crippen LogP contribution in [0.4, 0.5) is 0 Å². The Balaban J connectivity index is 1.94. The molecule has 2 rings (SSSR count).